The molecule has 1 spiro atoms. The van der Waals surface area contributed by atoms with E-state index in [2.05, 4.69) is 28.6 Å². The molecular weight excluding hydrogens is 282 g/mol. The molecule has 1 aromatic heterocycles. The molecule has 0 N–H and O–H groups in total. The van der Waals surface area contributed by atoms with E-state index < -0.39 is 0 Å². The summed E-state index contributed by atoms with van der Waals surface area (Å²) in [6.07, 6.45) is 5.23. The lowest BCUT2D eigenvalue weighted by molar-refractivity contribution is -0.170. The van der Waals surface area contributed by atoms with Crippen LogP contribution in [0.2, 0.25) is 0 Å². The SMILES string of the molecule is CC[C@@H](C)N1C[C@@]2(CCCN(Cc3cnc(C)s3)C2)C1=O. The second-order valence-electron chi connectivity index (χ2n) is 6.63. The normalized spacial score (nSPS) is 28.0. The van der Waals surface area contributed by atoms with E-state index in [4.69, 9.17) is 0 Å². The van der Waals surface area contributed by atoms with E-state index in [9.17, 15) is 4.79 Å². The number of likely N-dealkylation sites (tertiary alicyclic amines) is 2. The van der Waals surface area contributed by atoms with Crippen LogP contribution in [0.5, 0.6) is 0 Å². The molecule has 0 aromatic carbocycles. The number of aryl methyl sites for hydroxylation is 1. The van der Waals surface area contributed by atoms with E-state index in [0.717, 1.165) is 50.4 Å². The van der Waals surface area contributed by atoms with Gasteiger partial charge in [0.2, 0.25) is 5.91 Å². The van der Waals surface area contributed by atoms with Crippen LogP contribution in [0.1, 0.15) is 43.0 Å². The third-order valence-corrected chi connectivity index (χ3v) is 5.91. The van der Waals surface area contributed by atoms with Crippen molar-refractivity contribution >= 4 is 17.2 Å². The summed E-state index contributed by atoms with van der Waals surface area (Å²) < 4.78 is 0. The third kappa shape index (κ3) is 2.73. The van der Waals surface area contributed by atoms with Gasteiger partial charge in [-0.15, -0.1) is 11.3 Å². The largest absolute Gasteiger partial charge is 0.338 e. The van der Waals surface area contributed by atoms with Gasteiger partial charge in [0.25, 0.3) is 0 Å². The quantitative estimate of drug-likeness (QED) is 0.803. The molecule has 3 rings (SSSR count). The van der Waals surface area contributed by atoms with E-state index in [1.807, 2.05) is 13.1 Å². The molecule has 0 saturated carbocycles. The zero-order valence-electron chi connectivity index (χ0n) is 13.3. The number of thiazole rings is 1. The fourth-order valence-electron chi connectivity index (χ4n) is 3.62. The van der Waals surface area contributed by atoms with E-state index in [-0.39, 0.29) is 5.41 Å². The Morgan fingerprint density at radius 3 is 2.90 bits per heavy atom. The van der Waals surface area contributed by atoms with Gasteiger partial charge in [0, 0.05) is 36.8 Å². The molecule has 116 valence electrons. The average Bonchev–Trinajstić information content (AvgIpc) is 2.89. The first-order valence-electron chi connectivity index (χ1n) is 7.99. The van der Waals surface area contributed by atoms with Crippen molar-refractivity contribution in [2.75, 3.05) is 19.6 Å². The Kier molecular flexibility index (Phi) is 4.06. The van der Waals surface area contributed by atoms with Crippen LogP contribution in [0.4, 0.5) is 0 Å². The van der Waals surface area contributed by atoms with Crippen molar-refractivity contribution in [3.63, 3.8) is 0 Å². The Labute approximate surface area is 131 Å². The van der Waals surface area contributed by atoms with Gasteiger partial charge in [0.05, 0.1) is 10.4 Å². The summed E-state index contributed by atoms with van der Waals surface area (Å²) >= 11 is 1.77. The molecule has 0 bridgehead atoms. The van der Waals surface area contributed by atoms with E-state index in [1.165, 1.54) is 4.88 Å². The van der Waals surface area contributed by atoms with Crippen molar-refractivity contribution < 1.29 is 4.79 Å². The Morgan fingerprint density at radius 1 is 1.48 bits per heavy atom. The van der Waals surface area contributed by atoms with Crippen LogP contribution in [0.15, 0.2) is 6.20 Å². The fourth-order valence-corrected chi connectivity index (χ4v) is 4.46. The van der Waals surface area contributed by atoms with E-state index in [1.54, 1.807) is 11.3 Å². The maximum atomic E-state index is 12.6. The second-order valence-corrected chi connectivity index (χ2v) is 7.95. The monoisotopic (exact) mass is 307 g/mol. The van der Waals surface area contributed by atoms with Crippen molar-refractivity contribution in [1.82, 2.24) is 14.8 Å². The molecule has 2 aliphatic rings. The zero-order valence-corrected chi connectivity index (χ0v) is 14.1. The van der Waals surface area contributed by atoms with Crippen LogP contribution in [0.25, 0.3) is 0 Å². The van der Waals surface area contributed by atoms with Gasteiger partial charge in [-0.2, -0.15) is 0 Å². The summed E-state index contributed by atoms with van der Waals surface area (Å²) in [6, 6.07) is 0.391. The molecule has 4 nitrogen and oxygen atoms in total. The molecular formula is C16H25N3OS. The highest BCUT2D eigenvalue weighted by Gasteiger charge is 2.54. The molecule has 1 aromatic rings. The maximum absolute atomic E-state index is 12.6. The number of hydrogen-bond donors (Lipinski definition) is 0. The minimum atomic E-state index is -0.0819. The summed E-state index contributed by atoms with van der Waals surface area (Å²) in [4.78, 5) is 22.8. The predicted molar refractivity (Wildman–Crippen MR) is 85.3 cm³/mol. The third-order valence-electron chi connectivity index (χ3n) is 5.01. The number of hydrogen-bond acceptors (Lipinski definition) is 4. The first-order chi connectivity index (χ1) is 10.0. The minimum Gasteiger partial charge on any atom is -0.338 e. The van der Waals surface area contributed by atoms with Gasteiger partial charge in [-0.25, -0.2) is 4.98 Å². The van der Waals surface area contributed by atoms with Crippen LogP contribution in [-0.4, -0.2) is 46.4 Å². The Bertz CT molecular complexity index is 529. The van der Waals surface area contributed by atoms with Crippen molar-refractivity contribution in [3.05, 3.63) is 16.1 Å². The van der Waals surface area contributed by atoms with Crippen LogP contribution in [0, 0.1) is 12.3 Å². The van der Waals surface area contributed by atoms with Crippen molar-refractivity contribution in [2.24, 2.45) is 5.41 Å². The topological polar surface area (TPSA) is 36.4 Å². The molecule has 2 fully saturated rings. The Balaban J connectivity index is 1.63. The highest BCUT2D eigenvalue weighted by Crippen LogP contribution is 2.42. The number of carbonyl (C=O) groups is 1. The van der Waals surface area contributed by atoms with Gasteiger partial charge in [0.15, 0.2) is 0 Å². The van der Waals surface area contributed by atoms with Crippen molar-refractivity contribution in [2.45, 2.75) is 52.6 Å². The molecule has 2 aliphatic heterocycles. The number of β-lactam (4-membered cyclic amide) rings is 1. The number of piperidine rings is 1. The van der Waals surface area contributed by atoms with Gasteiger partial charge >= 0.3 is 0 Å². The van der Waals surface area contributed by atoms with Crippen LogP contribution >= 0.6 is 11.3 Å². The molecule has 3 heterocycles. The smallest absolute Gasteiger partial charge is 0.232 e. The summed E-state index contributed by atoms with van der Waals surface area (Å²) in [6.45, 7) is 10.3. The lowest BCUT2D eigenvalue weighted by Gasteiger charge is -2.55. The summed E-state index contributed by atoms with van der Waals surface area (Å²) in [5.41, 5.74) is -0.0819. The first kappa shape index (κ1) is 15.0. The number of carbonyl (C=O) groups excluding carboxylic acids is 1. The van der Waals surface area contributed by atoms with Crippen molar-refractivity contribution in [1.29, 1.82) is 0 Å². The number of rotatable bonds is 4. The molecule has 1 amide bonds. The Morgan fingerprint density at radius 2 is 2.29 bits per heavy atom. The summed E-state index contributed by atoms with van der Waals surface area (Å²) in [5, 5.41) is 1.12. The highest BCUT2D eigenvalue weighted by molar-refractivity contribution is 7.11. The van der Waals surface area contributed by atoms with Crippen LogP contribution < -0.4 is 0 Å². The molecule has 0 radical (unpaired) electrons. The number of amides is 1. The molecule has 0 unspecified atom stereocenters. The minimum absolute atomic E-state index is 0.0819. The molecule has 2 saturated heterocycles. The van der Waals surface area contributed by atoms with Gasteiger partial charge in [-0.3, -0.25) is 9.69 Å². The average molecular weight is 307 g/mol. The summed E-state index contributed by atoms with van der Waals surface area (Å²) in [5.74, 6) is 0.391. The van der Waals surface area contributed by atoms with Gasteiger partial charge in [0.1, 0.15) is 0 Å². The van der Waals surface area contributed by atoms with E-state index >= 15 is 0 Å². The lowest BCUT2D eigenvalue weighted by atomic mass is 9.71. The maximum Gasteiger partial charge on any atom is 0.232 e. The zero-order chi connectivity index (χ0) is 15.0. The lowest BCUT2D eigenvalue weighted by Crippen LogP contribution is -2.68. The van der Waals surface area contributed by atoms with Gasteiger partial charge < -0.3 is 4.90 Å². The molecule has 2 atom stereocenters. The second kappa shape index (κ2) is 5.69. The van der Waals surface area contributed by atoms with E-state index in [0.29, 0.717) is 11.9 Å². The first-order valence-corrected chi connectivity index (χ1v) is 8.80. The number of nitrogens with zero attached hydrogens (tertiary/aromatic N) is 3. The number of aromatic nitrogens is 1. The Hall–Kier alpha value is -0.940. The fraction of sp³-hybridized carbons (Fsp3) is 0.750. The standard InChI is InChI=1S/C16H25N3OS/c1-4-12(2)19-11-16(15(19)20)6-5-7-18(10-16)9-14-8-17-13(3)21-14/h8,12H,4-7,9-11H2,1-3H3/t12-,16+/m1/s1. The van der Waals surface area contributed by atoms with Crippen LogP contribution in [0.3, 0.4) is 0 Å². The predicted octanol–water partition coefficient (Wildman–Crippen LogP) is 2.67. The molecule has 21 heavy (non-hydrogen) atoms. The van der Waals surface area contributed by atoms with Gasteiger partial charge in [-0.05, 0) is 39.7 Å². The molecule has 5 heteroatoms. The molecule has 0 aliphatic carbocycles. The highest BCUT2D eigenvalue weighted by atomic mass is 32.1. The van der Waals surface area contributed by atoms with Crippen LogP contribution in [-0.2, 0) is 11.3 Å². The van der Waals surface area contributed by atoms with Crippen molar-refractivity contribution in [3.8, 4) is 0 Å². The summed E-state index contributed by atoms with van der Waals surface area (Å²) in [7, 11) is 0. The van der Waals surface area contributed by atoms with Gasteiger partial charge in [-0.1, -0.05) is 6.92 Å².